The maximum absolute atomic E-state index is 9.16. The van der Waals surface area contributed by atoms with Crippen molar-refractivity contribution in [2.24, 2.45) is 0 Å². The second kappa shape index (κ2) is 4.04. The first kappa shape index (κ1) is 10.2. The van der Waals surface area contributed by atoms with E-state index in [2.05, 4.69) is 6.07 Å². The highest BCUT2D eigenvalue weighted by atomic mass is 16.3. The molecule has 0 atom stereocenters. The molecule has 77 valence electrons. The van der Waals surface area contributed by atoms with E-state index in [1.54, 1.807) is 0 Å². The van der Waals surface area contributed by atoms with Crippen molar-refractivity contribution >= 4 is 0 Å². The summed E-state index contributed by atoms with van der Waals surface area (Å²) in [5.41, 5.74) is 2.98. The molecule has 1 aromatic carbocycles. The lowest BCUT2D eigenvalue weighted by atomic mass is 9.90. The van der Waals surface area contributed by atoms with E-state index >= 15 is 0 Å². The zero-order valence-electron chi connectivity index (χ0n) is 8.83. The molecule has 1 aliphatic rings. The van der Waals surface area contributed by atoms with Crippen molar-refractivity contribution in [3.8, 4) is 6.07 Å². The van der Waals surface area contributed by atoms with Crippen LogP contribution < -0.4 is 0 Å². The summed E-state index contributed by atoms with van der Waals surface area (Å²) in [6.45, 7) is 1.98. The average molecular weight is 200 g/mol. The predicted molar refractivity (Wildman–Crippen MR) is 58.2 cm³/mol. The number of rotatable bonds is 3. The van der Waals surface area contributed by atoms with Gasteiger partial charge in [-0.05, 0) is 36.0 Å². The molecule has 2 nitrogen and oxygen atoms in total. The lowest BCUT2D eigenvalue weighted by Crippen LogP contribution is -2.05. The standard InChI is InChI=1S/C13H14NO/c1-9(8-15)12-4-2-3-11(7-14)13(12)10-5-6-10/h2-4,10,15H,5-6,8H2,1H3. The van der Waals surface area contributed by atoms with Crippen molar-refractivity contribution in [3.05, 3.63) is 40.8 Å². The predicted octanol–water partition coefficient (Wildman–Crippen LogP) is 2.37. The summed E-state index contributed by atoms with van der Waals surface area (Å²) in [4.78, 5) is 0. The Kier molecular flexibility index (Phi) is 2.75. The molecular weight excluding hydrogens is 186 g/mol. The molecule has 1 aromatic rings. The van der Waals surface area contributed by atoms with Crippen LogP contribution in [-0.2, 0) is 0 Å². The van der Waals surface area contributed by atoms with Crippen molar-refractivity contribution in [1.82, 2.24) is 0 Å². The van der Waals surface area contributed by atoms with Gasteiger partial charge in [0.15, 0.2) is 0 Å². The molecule has 0 spiro atoms. The summed E-state index contributed by atoms with van der Waals surface area (Å²) in [7, 11) is 0. The van der Waals surface area contributed by atoms with Gasteiger partial charge in [0.05, 0.1) is 18.2 Å². The quantitative estimate of drug-likeness (QED) is 0.814. The van der Waals surface area contributed by atoms with Crippen LogP contribution in [0.5, 0.6) is 0 Å². The second-order valence-electron chi connectivity index (χ2n) is 4.09. The minimum absolute atomic E-state index is 0.0641. The van der Waals surface area contributed by atoms with Gasteiger partial charge in [0.1, 0.15) is 0 Å². The van der Waals surface area contributed by atoms with Crippen molar-refractivity contribution in [3.63, 3.8) is 0 Å². The average Bonchev–Trinajstić information content (AvgIpc) is 3.10. The fraction of sp³-hybridized carbons (Fsp3) is 0.385. The number of aliphatic hydroxyl groups excluding tert-OH is 1. The summed E-state index contributed by atoms with van der Waals surface area (Å²) < 4.78 is 0. The van der Waals surface area contributed by atoms with E-state index in [1.165, 1.54) is 12.8 Å². The zero-order chi connectivity index (χ0) is 10.8. The summed E-state index contributed by atoms with van der Waals surface area (Å²) in [5, 5.41) is 18.2. The second-order valence-corrected chi connectivity index (χ2v) is 4.09. The van der Waals surface area contributed by atoms with Gasteiger partial charge in [-0.15, -0.1) is 0 Å². The van der Waals surface area contributed by atoms with Crippen molar-refractivity contribution in [1.29, 1.82) is 5.26 Å². The van der Waals surface area contributed by atoms with Gasteiger partial charge in [0.25, 0.3) is 0 Å². The lowest BCUT2D eigenvalue weighted by molar-refractivity contribution is 0.314. The van der Waals surface area contributed by atoms with Crippen LogP contribution in [0, 0.1) is 17.2 Å². The molecule has 1 saturated carbocycles. The first-order valence-electron chi connectivity index (χ1n) is 5.24. The van der Waals surface area contributed by atoms with Gasteiger partial charge in [0, 0.05) is 5.92 Å². The molecule has 0 heterocycles. The van der Waals surface area contributed by atoms with Crippen LogP contribution in [0.3, 0.4) is 0 Å². The van der Waals surface area contributed by atoms with E-state index < -0.39 is 0 Å². The highest BCUT2D eigenvalue weighted by molar-refractivity contribution is 5.51. The van der Waals surface area contributed by atoms with Crippen molar-refractivity contribution in [2.75, 3.05) is 6.61 Å². The zero-order valence-corrected chi connectivity index (χ0v) is 8.83. The Morgan fingerprint density at radius 1 is 1.53 bits per heavy atom. The van der Waals surface area contributed by atoms with Crippen LogP contribution in [0.25, 0.3) is 0 Å². The molecule has 2 rings (SSSR count). The van der Waals surface area contributed by atoms with E-state index in [-0.39, 0.29) is 6.61 Å². The number of hydrogen-bond acceptors (Lipinski definition) is 2. The number of aliphatic hydroxyl groups is 1. The molecule has 1 radical (unpaired) electrons. The fourth-order valence-corrected chi connectivity index (χ4v) is 1.93. The summed E-state index contributed by atoms with van der Waals surface area (Å²) >= 11 is 0. The molecule has 1 aliphatic carbocycles. The lowest BCUT2D eigenvalue weighted by Gasteiger charge is -2.14. The maximum atomic E-state index is 9.16. The molecule has 0 unspecified atom stereocenters. The molecular formula is C13H14NO. The van der Waals surface area contributed by atoms with Gasteiger partial charge in [-0.3, -0.25) is 0 Å². The van der Waals surface area contributed by atoms with Crippen LogP contribution in [-0.4, -0.2) is 11.7 Å². The first-order valence-corrected chi connectivity index (χ1v) is 5.24. The van der Waals surface area contributed by atoms with Crippen molar-refractivity contribution < 1.29 is 5.11 Å². The van der Waals surface area contributed by atoms with Crippen LogP contribution >= 0.6 is 0 Å². The third-order valence-corrected chi connectivity index (χ3v) is 2.91. The molecule has 0 bridgehead atoms. The summed E-state index contributed by atoms with van der Waals surface area (Å²) in [5.74, 6) is 1.49. The highest BCUT2D eigenvalue weighted by Crippen LogP contribution is 2.44. The van der Waals surface area contributed by atoms with E-state index in [0.29, 0.717) is 5.92 Å². The van der Waals surface area contributed by atoms with Gasteiger partial charge >= 0.3 is 0 Å². The first-order chi connectivity index (χ1) is 7.27. The normalized spacial score (nSPS) is 15.3. The Bertz CT molecular complexity index is 401. The fourth-order valence-electron chi connectivity index (χ4n) is 1.93. The molecule has 0 amide bonds. The van der Waals surface area contributed by atoms with E-state index in [0.717, 1.165) is 22.6 Å². The number of nitrogens with zero attached hydrogens (tertiary/aromatic N) is 1. The summed E-state index contributed by atoms with van der Waals surface area (Å²) in [6, 6.07) is 7.99. The monoisotopic (exact) mass is 200 g/mol. The third kappa shape index (κ3) is 1.88. The SMILES string of the molecule is C[C](CO)c1cccc(C#N)c1C1CC1. The molecule has 15 heavy (non-hydrogen) atoms. The number of benzene rings is 1. The van der Waals surface area contributed by atoms with Crippen LogP contribution in [0.4, 0.5) is 0 Å². The van der Waals surface area contributed by atoms with Gasteiger partial charge < -0.3 is 5.11 Å². The number of hydrogen-bond donors (Lipinski definition) is 1. The van der Waals surface area contributed by atoms with Gasteiger partial charge in [0.2, 0.25) is 0 Å². The smallest absolute Gasteiger partial charge is 0.0994 e. The molecule has 0 aromatic heterocycles. The topological polar surface area (TPSA) is 44.0 Å². The largest absolute Gasteiger partial charge is 0.395 e. The Labute approximate surface area is 90.2 Å². The minimum Gasteiger partial charge on any atom is -0.395 e. The Balaban J connectivity index is 2.49. The van der Waals surface area contributed by atoms with Crippen molar-refractivity contribution in [2.45, 2.75) is 25.7 Å². The van der Waals surface area contributed by atoms with Gasteiger partial charge in [-0.2, -0.15) is 5.26 Å². The maximum Gasteiger partial charge on any atom is 0.0994 e. The third-order valence-electron chi connectivity index (χ3n) is 2.91. The molecule has 0 aliphatic heterocycles. The Morgan fingerprint density at radius 3 is 2.80 bits per heavy atom. The van der Waals surface area contributed by atoms with Gasteiger partial charge in [-0.25, -0.2) is 0 Å². The Morgan fingerprint density at radius 2 is 2.27 bits per heavy atom. The minimum atomic E-state index is 0.0641. The molecule has 1 N–H and O–H groups in total. The number of nitriles is 1. The van der Waals surface area contributed by atoms with E-state index in [9.17, 15) is 0 Å². The van der Waals surface area contributed by atoms with Crippen LogP contribution in [0.15, 0.2) is 18.2 Å². The highest BCUT2D eigenvalue weighted by Gasteiger charge is 2.29. The molecule has 1 fully saturated rings. The van der Waals surface area contributed by atoms with Crippen LogP contribution in [0.1, 0.15) is 42.4 Å². The molecule has 0 saturated heterocycles. The van der Waals surface area contributed by atoms with E-state index in [4.69, 9.17) is 10.4 Å². The van der Waals surface area contributed by atoms with Gasteiger partial charge in [-0.1, -0.05) is 19.1 Å². The van der Waals surface area contributed by atoms with Crippen LogP contribution in [0.2, 0.25) is 0 Å². The summed E-state index contributed by atoms with van der Waals surface area (Å²) in [6.07, 6.45) is 2.34. The Hall–Kier alpha value is -1.33. The van der Waals surface area contributed by atoms with E-state index in [1.807, 2.05) is 25.1 Å². The molecule has 2 heteroatoms.